The second-order valence-corrected chi connectivity index (χ2v) is 6.23. The van der Waals surface area contributed by atoms with E-state index in [0.29, 0.717) is 22.3 Å². The number of carbonyl (C=O) groups is 2. The molecule has 6 heteroatoms. The third-order valence-electron chi connectivity index (χ3n) is 4.26. The number of benzene rings is 3. The topological polar surface area (TPSA) is 86.5 Å². The number of nitrogens with zero attached hydrogens (tertiary/aromatic N) is 1. The first-order valence-corrected chi connectivity index (χ1v) is 8.56. The number of aryl methyl sites for hydroxylation is 1. The van der Waals surface area contributed by atoms with Gasteiger partial charge in [0.05, 0.1) is 10.5 Å². The number of hydrogen-bond donors (Lipinski definition) is 0. The lowest BCUT2D eigenvalue weighted by Gasteiger charge is -2.07. The summed E-state index contributed by atoms with van der Waals surface area (Å²) in [6.45, 7) is 1.60. The van der Waals surface area contributed by atoms with Crippen LogP contribution in [0.4, 0.5) is 5.69 Å². The van der Waals surface area contributed by atoms with Gasteiger partial charge in [0, 0.05) is 22.8 Å². The predicted molar refractivity (Wildman–Crippen MR) is 103 cm³/mol. The average molecular weight is 375 g/mol. The maximum Gasteiger partial charge on any atom is 0.338 e. The zero-order valence-corrected chi connectivity index (χ0v) is 15.1. The fraction of sp³-hybridized carbons (Fsp3) is 0.0909. The van der Waals surface area contributed by atoms with E-state index >= 15 is 0 Å². The first-order chi connectivity index (χ1) is 13.5. The molecular weight excluding hydrogens is 358 g/mol. The molecule has 140 valence electrons. The van der Waals surface area contributed by atoms with Crippen molar-refractivity contribution in [2.75, 3.05) is 0 Å². The lowest BCUT2D eigenvalue weighted by molar-refractivity contribution is -0.385. The summed E-state index contributed by atoms with van der Waals surface area (Å²) in [5, 5.41) is 11.0. The molecule has 0 radical (unpaired) electrons. The largest absolute Gasteiger partial charge is 0.457 e. The van der Waals surface area contributed by atoms with E-state index in [2.05, 4.69) is 0 Å². The minimum Gasteiger partial charge on any atom is -0.457 e. The molecule has 0 N–H and O–H groups in total. The summed E-state index contributed by atoms with van der Waals surface area (Å²) >= 11 is 0. The fourth-order valence-electron chi connectivity index (χ4n) is 2.67. The Morgan fingerprint density at radius 2 is 1.50 bits per heavy atom. The highest BCUT2D eigenvalue weighted by molar-refractivity contribution is 6.08. The van der Waals surface area contributed by atoms with E-state index in [1.54, 1.807) is 55.5 Å². The molecule has 3 aromatic carbocycles. The standard InChI is InChI=1S/C22H17NO5/c1-15-7-10-19(13-20(15)23(26)27)22(25)28-14-16-8-11-18(12-9-16)21(24)17-5-3-2-4-6-17/h2-13H,14H2,1H3. The first kappa shape index (κ1) is 19.0. The second kappa shape index (κ2) is 8.26. The van der Waals surface area contributed by atoms with E-state index < -0.39 is 10.9 Å². The lowest BCUT2D eigenvalue weighted by Crippen LogP contribution is -2.07. The Bertz CT molecular complexity index is 1030. The minimum absolute atomic E-state index is 0.000312. The van der Waals surface area contributed by atoms with Gasteiger partial charge in [0.1, 0.15) is 6.61 Å². The number of ketones is 1. The van der Waals surface area contributed by atoms with Crippen molar-refractivity contribution in [3.8, 4) is 0 Å². The Labute approximate surface area is 161 Å². The molecule has 0 aromatic heterocycles. The van der Waals surface area contributed by atoms with Crippen molar-refractivity contribution < 1.29 is 19.2 Å². The lowest BCUT2D eigenvalue weighted by atomic mass is 10.0. The van der Waals surface area contributed by atoms with Crippen molar-refractivity contribution in [1.82, 2.24) is 0 Å². The summed E-state index contributed by atoms with van der Waals surface area (Å²) in [6.07, 6.45) is 0. The highest BCUT2D eigenvalue weighted by Crippen LogP contribution is 2.20. The van der Waals surface area contributed by atoms with Crippen LogP contribution in [0.2, 0.25) is 0 Å². The van der Waals surface area contributed by atoms with Gasteiger partial charge in [-0.1, -0.05) is 60.7 Å². The molecule has 0 aliphatic rings. The molecule has 28 heavy (non-hydrogen) atoms. The number of carbonyl (C=O) groups excluding carboxylic acids is 2. The van der Waals surface area contributed by atoms with Crippen LogP contribution in [0.1, 0.15) is 37.4 Å². The predicted octanol–water partition coefficient (Wildman–Crippen LogP) is 4.49. The van der Waals surface area contributed by atoms with Crippen LogP contribution in [-0.4, -0.2) is 16.7 Å². The average Bonchev–Trinajstić information content (AvgIpc) is 2.72. The van der Waals surface area contributed by atoms with Crippen LogP contribution in [-0.2, 0) is 11.3 Å². The SMILES string of the molecule is Cc1ccc(C(=O)OCc2ccc(C(=O)c3ccccc3)cc2)cc1[N+](=O)[O-]. The van der Waals surface area contributed by atoms with Gasteiger partial charge in [0.25, 0.3) is 5.69 Å². The van der Waals surface area contributed by atoms with E-state index in [0.717, 1.165) is 0 Å². The Morgan fingerprint density at radius 3 is 2.14 bits per heavy atom. The number of nitro groups is 1. The van der Waals surface area contributed by atoms with Crippen LogP contribution < -0.4 is 0 Å². The van der Waals surface area contributed by atoms with E-state index in [1.807, 2.05) is 6.07 Å². The molecule has 0 spiro atoms. The molecule has 0 aliphatic carbocycles. The summed E-state index contributed by atoms with van der Waals surface area (Å²) in [5.41, 5.74) is 2.31. The van der Waals surface area contributed by atoms with Crippen molar-refractivity contribution >= 4 is 17.4 Å². The second-order valence-electron chi connectivity index (χ2n) is 6.23. The van der Waals surface area contributed by atoms with Gasteiger partial charge in [-0.2, -0.15) is 0 Å². The van der Waals surface area contributed by atoms with E-state index in [4.69, 9.17) is 4.74 Å². The van der Waals surface area contributed by atoms with E-state index in [9.17, 15) is 19.7 Å². The van der Waals surface area contributed by atoms with Crippen LogP contribution in [0.25, 0.3) is 0 Å². The van der Waals surface area contributed by atoms with Gasteiger partial charge >= 0.3 is 5.97 Å². The van der Waals surface area contributed by atoms with Crippen LogP contribution in [0, 0.1) is 17.0 Å². The van der Waals surface area contributed by atoms with Gasteiger partial charge in [0.15, 0.2) is 5.78 Å². The Kier molecular flexibility index (Phi) is 5.60. The van der Waals surface area contributed by atoms with Crippen LogP contribution in [0.15, 0.2) is 72.8 Å². The van der Waals surface area contributed by atoms with Crippen molar-refractivity contribution in [3.05, 3.63) is 111 Å². The Hall–Kier alpha value is -3.80. The molecule has 0 atom stereocenters. The first-order valence-electron chi connectivity index (χ1n) is 8.56. The molecule has 6 nitrogen and oxygen atoms in total. The Morgan fingerprint density at radius 1 is 0.893 bits per heavy atom. The van der Waals surface area contributed by atoms with Gasteiger partial charge in [-0.3, -0.25) is 14.9 Å². The highest BCUT2D eigenvalue weighted by atomic mass is 16.6. The molecular formula is C22H17NO5. The molecule has 0 aliphatic heterocycles. The van der Waals surface area contributed by atoms with Crippen LogP contribution in [0.5, 0.6) is 0 Å². The number of ether oxygens (including phenoxy) is 1. The molecule has 0 unspecified atom stereocenters. The zero-order chi connectivity index (χ0) is 20.1. The number of rotatable bonds is 6. The Balaban J connectivity index is 1.65. The normalized spacial score (nSPS) is 10.3. The molecule has 0 bridgehead atoms. The smallest absolute Gasteiger partial charge is 0.338 e. The van der Waals surface area contributed by atoms with E-state index in [1.165, 1.54) is 18.2 Å². The minimum atomic E-state index is -0.646. The summed E-state index contributed by atoms with van der Waals surface area (Å²) < 4.78 is 5.23. The maximum atomic E-state index is 12.4. The third-order valence-corrected chi connectivity index (χ3v) is 4.26. The van der Waals surface area contributed by atoms with Crippen molar-refractivity contribution in [1.29, 1.82) is 0 Å². The van der Waals surface area contributed by atoms with Gasteiger partial charge < -0.3 is 4.74 Å². The van der Waals surface area contributed by atoms with Gasteiger partial charge in [-0.15, -0.1) is 0 Å². The summed E-state index contributed by atoms with van der Waals surface area (Å²) in [6, 6.07) is 19.9. The molecule has 3 aromatic rings. The monoisotopic (exact) mass is 375 g/mol. The van der Waals surface area contributed by atoms with Crippen molar-refractivity contribution in [2.45, 2.75) is 13.5 Å². The van der Waals surface area contributed by atoms with Crippen LogP contribution >= 0.6 is 0 Å². The fourth-order valence-corrected chi connectivity index (χ4v) is 2.67. The molecule has 0 fully saturated rings. The quantitative estimate of drug-likeness (QED) is 0.274. The molecule has 0 amide bonds. The van der Waals surface area contributed by atoms with Gasteiger partial charge in [-0.25, -0.2) is 4.79 Å². The molecule has 0 saturated carbocycles. The van der Waals surface area contributed by atoms with Gasteiger partial charge in [-0.05, 0) is 18.6 Å². The number of hydrogen-bond acceptors (Lipinski definition) is 5. The third kappa shape index (κ3) is 4.29. The van der Waals surface area contributed by atoms with E-state index in [-0.39, 0.29) is 23.6 Å². The maximum absolute atomic E-state index is 12.4. The molecule has 0 heterocycles. The summed E-state index contributed by atoms with van der Waals surface area (Å²) in [5.74, 6) is -0.733. The number of nitro benzene ring substituents is 1. The van der Waals surface area contributed by atoms with Crippen molar-refractivity contribution in [2.24, 2.45) is 0 Å². The summed E-state index contributed by atoms with van der Waals surface area (Å²) in [4.78, 5) is 35.0. The van der Waals surface area contributed by atoms with Gasteiger partial charge in [0.2, 0.25) is 0 Å². The highest BCUT2D eigenvalue weighted by Gasteiger charge is 2.16. The van der Waals surface area contributed by atoms with Crippen LogP contribution in [0.3, 0.4) is 0 Å². The molecule has 3 rings (SSSR count). The molecule has 0 saturated heterocycles. The summed E-state index contributed by atoms with van der Waals surface area (Å²) in [7, 11) is 0. The van der Waals surface area contributed by atoms with Crippen molar-refractivity contribution in [3.63, 3.8) is 0 Å². The zero-order valence-electron chi connectivity index (χ0n) is 15.1. The number of esters is 1.